The minimum absolute atomic E-state index is 0.224. The molecule has 0 radical (unpaired) electrons. The molecule has 0 aliphatic carbocycles. The first-order valence-electron chi connectivity index (χ1n) is 10.9. The van der Waals surface area contributed by atoms with Crippen LogP contribution in [0.15, 0.2) is 18.2 Å². The number of nitrogens with zero attached hydrogens (tertiary/aromatic N) is 1. The number of morpholine rings is 1. The van der Waals surface area contributed by atoms with Gasteiger partial charge < -0.3 is 15.0 Å². The van der Waals surface area contributed by atoms with Crippen molar-refractivity contribution >= 4 is 21.4 Å². The molecule has 7 heteroatoms. The summed E-state index contributed by atoms with van der Waals surface area (Å²) in [5.41, 5.74) is 3.66. The molecular weight excluding hydrogens is 386 g/mol. The molecule has 0 saturated carbocycles. The van der Waals surface area contributed by atoms with Crippen molar-refractivity contribution in [3.05, 3.63) is 23.8 Å². The summed E-state index contributed by atoms with van der Waals surface area (Å²) in [7, 11) is -3.14. The first kappa shape index (κ1) is 24.0. The number of benzene rings is 1. The molecule has 6 nitrogen and oxygen atoms in total. The molecule has 1 heterocycles. The van der Waals surface area contributed by atoms with Gasteiger partial charge in [0.15, 0.2) is 0 Å². The summed E-state index contributed by atoms with van der Waals surface area (Å²) in [5.74, 6) is 0. The number of rotatable bonds is 10. The highest BCUT2D eigenvalue weighted by Crippen LogP contribution is 2.28. The van der Waals surface area contributed by atoms with E-state index in [1.807, 2.05) is 0 Å². The summed E-state index contributed by atoms with van der Waals surface area (Å²) in [5, 5.41) is 3.14. The van der Waals surface area contributed by atoms with Crippen LogP contribution >= 0.6 is 0 Å². The molecule has 0 bridgehead atoms. The van der Waals surface area contributed by atoms with Crippen LogP contribution in [0.25, 0.3) is 0 Å². The summed E-state index contributed by atoms with van der Waals surface area (Å²) < 4.78 is 32.0. The van der Waals surface area contributed by atoms with Crippen LogP contribution in [0.1, 0.15) is 59.4 Å². The van der Waals surface area contributed by atoms with Gasteiger partial charge in [-0.15, -0.1) is 0 Å². The van der Waals surface area contributed by atoms with Crippen LogP contribution in [-0.4, -0.2) is 51.6 Å². The number of ether oxygens (including phenoxy) is 1. The molecule has 1 saturated heterocycles. The van der Waals surface area contributed by atoms with Gasteiger partial charge in [0.05, 0.1) is 23.5 Å². The average Bonchev–Trinajstić information content (AvgIpc) is 2.64. The van der Waals surface area contributed by atoms with E-state index in [9.17, 15) is 8.42 Å². The largest absolute Gasteiger partial charge is 0.385 e. The summed E-state index contributed by atoms with van der Waals surface area (Å²) in [4.78, 5) is 2.44. The predicted molar refractivity (Wildman–Crippen MR) is 122 cm³/mol. The highest BCUT2D eigenvalue weighted by Gasteiger charge is 2.29. The van der Waals surface area contributed by atoms with E-state index in [1.54, 1.807) is 13.8 Å². The summed E-state index contributed by atoms with van der Waals surface area (Å²) >= 11 is 0. The van der Waals surface area contributed by atoms with Crippen LogP contribution in [0.4, 0.5) is 11.4 Å². The van der Waals surface area contributed by atoms with Crippen molar-refractivity contribution in [2.24, 2.45) is 0 Å². The number of nitrogens with one attached hydrogen (secondary N) is 2. The van der Waals surface area contributed by atoms with E-state index in [4.69, 9.17) is 4.74 Å². The van der Waals surface area contributed by atoms with Crippen molar-refractivity contribution in [2.75, 3.05) is 29.9 Å². The van der Waals surface area contributed by atoms with Crippen molar-refractivity contribution in [3.8, 4) is 0 Å². The Labute approximate surface area is 177 Å². The van der Waals surface area contributed by atoms with Gasteiger partial charge in [0.2, 0.25) is 10.0 Å². The molecule has 1 aromatic rings. The zero-order valence-electron chi connectivity index (χ0n) is 18.9. The highest BCUT2D eigenvalue weighted by atomic mass is 32.2. The zero-order valence-corrected chi connectivity index (χ0v) is 19.7. The number of unbranched alkanes of at least 4 members (excludes halogenated alkanes) is 2. The topological polar surface area (TPSA) is 70.7 Å². The lowest BCUT2D eigenvalue weighted by molar-refractivity contribution is -0.0257. The van der Waals surface area contributed by atoms with Gasteiger partial charge in [-0.3, -0.25) is 0 Å². The molecule has 1 aliphatic heterocycles. The van der Waals surface area contributed by atoms with Crippen LogP contribution in [0.2, 0.25) is 0 Å². The Kier molecular flexibility index (Phi) is 8.79. The second kappa shape index (κ2) is 10.6. The second-order valence-electron chi connectivity index (χ2n) is 8.52. The van der Waals surface area contributed by atoms with Crippen LogP contribution in [0.3, 0.4) is 0 Å². The number of anilines is 2. The van der Waals surface area contributed by atoms with E-state index in [2.05, 4.69) is 60.8 Å². The molecule has 2 rings (SSSR count). The van der Waals surface area contributed by atoms with Gasteiger partial charge in [-0.05, 0) is 78.1 Å². The monoisotopic (exact) mass is 425 g/mol. The average molecular weight is 426 g/mol. The molecule has 1 unspecified atom stereocenters. The van der Waals surface area contributed by atoms with E-state index >= 15 is 0 Å². The van der Waals surface area contributed by atoms with Gasteiger partial charge in [-0.2, -0.15) is 0 Å². The third kappa shape index (κ3) is 6.86. The van der Waals surface area contributed by atoms with E-state index < -0.39 is 10.0 Å². The van der Waals surface area contributed by atoms with Crippen LogP contribution in [0, 0.1) is 6.92 Å². The standard InChI is InChI=1S/C22H39N3O3S/c1-16(2)29(26,27)24-13-9-7-8-12-23-22-11-10-21(14-17(22)3)25-15-18(4)28-20(6)19(25)5/h10-11,14,16,18-20,23-24H,7-9,12-13,15H2,1-6H3/t18-,19?,20+/m0/s1. The third-order valence-electron chi connectivity index (χ3n) is 5.71. The van der Waals surface area contributed by atoms with Crippen molar-refractivity contribution in [3.63, 3.8) is 0 Å². The quantitative estimate of drug-likeness (QED) is 0.556. The second-order valence-corrected chi connectivity index (χ2v) is 10.8. The minimum Gasteiger partial charge on any atom is -0.385 e. The van der Waals surface area contributed by atoms with Gasteiger partial charge in [0, 0.05) is 31.0 Å². The van der Waals surface area contributed by atoms with Gasteiger partial charge in [0.1, 0.15) is 0 Å². The Morgan fingerprint density at radius 3 is 2.48 bits per heavy atom. The van der Waals surface area contributed by atoms with Gasteiger partial charge in [-0.1, -0.05) is 6.42 Å². The molecule has 0 amide bonds. The number of sulfonamides is 1. The van der Waals surface area contributed by atoms with Crippen molar-refractivity contribution in [1.29, 1.82) is 0 Å². The molecule has 1 aromatic carbocycles. The molecule has 3 atom stereocenters. The lowest BCUT2D eigenvalue weighted by Gasteiger charge is -2.42. The third-order valence-corrected chi connectivity index (χ3v) is 7.55. The van der Waals surface area contributed by atoms with Crippen LogP contribution < -0.4 is 14.9 Å². The molecule has 1 fully saturated rings. The van der Waals surface area contributed by atoms with E-state index in [0.29, 0.717) is 12.6 Å². The summed E-state index contributed by atoms with van der Waals surface area (Å²) in [6.45, 7) is 14.3. The predicted octanol–water partition coefficient (Wildman–Crippen LogP) is 3.91. The minimum atomic E-state index is -3.14. The first-order chi connectivity index (χ1) is 13.6. The Hall–Kier alpha value is -1.31. The Bertz CT molecular complexity index is 752. The highest BCUT2D eigenvalue weighted by molar-refractivity contribution is 7.90. The first-order valence-corrected chi connectivity index (χ1v) is 12.4. The fourth-order valence-corrected chi connectivity index (χ4v) is 4.38. The molecule has 1 aliphatic rings. The van der Waals surface area contributed by atoms with Gasteiger partial charge >= 0.3 is 0 Å². The summed E-state index contributed by atoms with van der Waals surface area (Å²) in [6, 6.07) is 6.97. The fourth-order valence-electron chi connectivity index (χ4n) is 3.62. The maximum atomic E-state index is 11.7. The van der Waals surface area contributed by atoms with Crippen LogP contribution in [-0.2, 0) is 14.8 Å². The summed E-state index contributed by atoms with van der Waals surface area (Å²) in [6.07, 6.45) is 3.33. The van der Waals surface area contributed by atoms with E-state index in [0.717, 1.165) is 38.0 Å². The smallest absolute Gasteiger partial charge is 0.213 e. The molecule has 166 valence electrons. The van der Waals surface area contributed by atoms with E-state index in [1.165, 1.54) is 11.3 Å². The molecular formula is C22H39N3O3S. The number of hydrogen-bond donors (Lipinski definition) is 2. The molecule has 2 N–H and O–H groups in total. The van der Waals surface area contributed by atoms with Gasteiger partial charge in [0.25, 0.3) is 0 Å². The van der Waals surface area contributed by atoms with Crippen LogP contribution in [0.5, 0.6) is 0 Å². The maximum absolute atomic E-state index is 11.7. The number of aryl methyl sites for hydroxylation is 1. The zero-order chi connectivity index (χ0) is 21.6. The Balaban J connectivity index is 1.77. The van der Waals surface area contributed by atoms with Gasteiger partial charge in [-0.25, -0.2) is 13.1 Å². The van der Waals surface area contributed by atoms with E-state index in [-0.39, 0.29) is 17.5 Å². The fraction of sp³-hybridized carbons (Fsp3) is 0.727. The normalized spacial score (nSPS) is 22.9. The van der Waals surface area contributed by atoms with Crippen molar-refractivity contribution < 1.29 is 13.2 Å². The Morgan fingerprint density at radius 1 is 1.14 bits per heavy atom. The van der Waals surface area contributed by atoms with Crippen molar-refractivity contribution in [2.45, 2.75) is 84.3 Å². The SMILES string of the molecule is Cc1cc(N2C[C@H](C)O[C@H](C)C2C)ccc1NCCCCCNS(=O)(=O)C(C)C. The lowest BCUT2D eigenvalue weighted by Crippen LogP contribution is -2.52. The molecule has 0 spiro atoms. The molecule has 0 aromatic heterocycles. The Morgan fingerprint density at radius 2 is 1.83 bits per heavy atom. The van der Waals surface area contributed by atoms with Crippen molar-refractivity contribution in [1.82, 2.24) is 4.72 Å². The lowest BCUT2D eigenvalue weighted by atomic mass is 10.1. The molecule has 29 heavy (non-hydrogen) atoms. The maximum Gasteiger partial charge on any atom is 0.213 e. The number of hydrogen-bond acceptors (Lipinski definition) is 5.